The van der Waals surface area contributed by atoms with Gasteiger partial charge in [0.25, 0.3) is 0 Å². The standard InChI is InChI=1S/C21H22F2N4O2/c22-15-3-1-4-17(11-15)24-20(28)13-26-7-2-8-27(10-9-26)14-21-25-18-6-5-16(23)12-19(18)29-21/h1,3-6,11-12H,2,7-10,13-14H2,(H,24,28). The number of nitrogens with zero attached hydrogens (tertiary/aromatic N) is 3. The van der Waals surface area contributed by atoms with E-state index >= 15 is 0 Å². The fraction of sp³-hybridized carbons (Fsp3) is 0.333. The molecule has 2 heterocycles. The van der Waals surface area contributed by atoms with Crippen molar-refractivity contribution >= 4 is 22.7 Å². The second-order valence-electron chi connectivity index (χ2n) is 7.18. The van der Waals surface area contributed by atoms with Crippen LogP contribution >= 0.6 is 0 Å². The van der Waals surface area contributed by atoms with E-state index in [1.165, 1.54) is 24.3 Å². The highest BCUT2D eigenvalue weighted by Crippen LogP contribution is 2.18. The Balaban J connectivity index is 1.30. The highest BCUT2D eigenvalue weighted by molar-refractivity contribution is 5.92. The molecule has 0 spiro atoms. The molecule has 152 valence electrons. The number of rotatable bonds is 5. The van der Waals surface area contributed by atoms with Gasteiger partial charge in [0.15, 0.2) is 5.58 Å². The number of hydrogen-bond acceptors (Lipinski definition) is 5. The molecule has 0 aliphatic carbocycles. The van der Waals surface area contributed by atoms with Gasteiger partial charge in [0.2, 0.25) is 11.8 Å². The molecule has 0 bridgehead atoms. The van der Waals surface area contributed by atoms with Crippen molar-refractivity contribution in [2.75, 3.05) is 38.0 Å². The van der Waals surface area contributed by atoms with Gasteiger partial charge in [-0.15, -0.1) is 0 Å². The Bertz CT molecular complexity index is 1010. The molecular weight excluding hydrogens is 378 g/mol. The molecule has 0 saturated carbocycles. The molecule has 6 nitrogen and oxygen atoms in total. The summed E-state index contributed by atoms with van der Waals surface area (Å²) in [5.41, 5.74) is 1.55. The summed E-state index contributed by atoms with van der Waals surface area (Å²) in [6.45, 7) is 3.94. The number of aromatic nitrogens is 1. The first-order chi connectivity index (χ1) is 14.0. The van der Waals surface area contributed by atoms with Crippen LogP contribution in [-0.2, 0) is 11.3 Å². The van der Waals surface area contributed by atoms with E-state index < -0.39 is 0 Å². The Hall–Kier alpha value is -2.84. The number of carbonyl (C=O) groups is 1. The number of amides is 1. The highest BCUT2D eigenvalue weighted by atomic mass is 19.1. The number of hydrogen-bond donors (Lipinski definition) is 1. The molecule has 0 radical (unpaired) electrons. The number of fused-ring (bicyclic) bond motifs is 1. The van der Waals surface area contributed by atoms with Crippen molar-refractivity contribution < 1.29 is 18.0 Å². The lowest BCUT2D eigenvalue weighted by atomic mass is 10.3. The van der Waals surface area contributed by atoms with E-state index in [1.807, 2.05) is 0 Å². The van der Waals surface area contributed by atoms with Crippen molar-refractivity contribution in [2.45, 2.75) is 13.0 Å². The molecule has 1 aromatic heterocycles. The number of benzene rings is 2. The fourth-order valence-electron chi connectivity index (χ4n) is 3.52. The topological polar surface area (TPSA) is 61.6 Å². The third kappa shape index (κ3) is 5.16. The van der Waals surface area contributed by atoms with E-state index in [0.717, 1.165) is 32.6 Å². The normalized spacial score (nSPS) is 16.1. The zero-order valence-corrected chi connectivity index (χ0v) is 15.9. The predicted molar refractivity (Wildman–Crippen MR) is 105 cm³/mol. The van der Waals surface area contributed by atoms with Gasteiger partial charge in [-0.3, -0.25) is 14.6 Å². The second kappa shape index (κ2) is 8.67. The Morgan fingerprint density at radius 2 is 1.83 bits per heavy atom. The molecule has 1 saturated heterocycles. The highest BCUT2D eigenvalue weighted by Gasteiger charge is 2.19. The first-order valence-corrected chi connectivity index (χ1v) is 9.60. The van der Waals surface area contributed by atoms with Gasteiger partial charge in [-0.1, -0.05) is 6.07 Å². The van der Waals surface area contributed by atoms with E-state index in [2.05, 4.69) is 20.1 Å². The lowest BCUT2D eigenvalue weighted by Crippen LogP contribution is -2.36. The molecule has 1 fully saturated rings. The summed E-state index contributed by atoms with van der Waals surface area (Å²) in [5.74, 6) is -0.329. The third-order valence-corrected chi connectivity index (χ3v) is 4.91. The van der Waals surface area contributed by atoms with E-state index in [0.29, 0.717) is 29.2 Å². The smallest absolute Gasteiger partial charge is 0.238 e. The molecule has 4 rings (SSSR count). The molecule has 1 aliphatic heterocycles. The van der Waals surface area contributed by atoms with Crippen LogP contribution in [0.25, 0.3) is 11.1 Å². The van der Waals surface area contributed by atoms with Crippen LogP contribution in [0.2, 0.25) is 0 Å². The van der Waals surface area contributed by atoms with Crippen molar-refractivity contribution in [2.24, 2.45) is 0 Å². The van der Waals surface area contributed by atoms with Gasteiger partial charge in [0.05, 0.1) is 13.1 Å². The Morgan fingerprint density at radius 1 is 1.03 bits per heavy atom. The van der Waals surface area contributed by atoms with Gasteiger partial charge >= 0.3 is 0 Å². The van der Waals surface area contributed by atoms with Crippen LogP contribution in [0.4, 0.5) is 14.5 Å². The van der Waals surface area contributed by atoms with Gasteiger partial charge in [0, 0.05) is 24.8 Å². The molecule has 1 N–H and O–H groups in total. The van der Waals surface area contributed by atoms with E-state index in [9.17, 15) is 13.6 Å². The number of anilines is 1. The molecule has 0 atom stereocenters. The SMILES string of the molecule is O=C(CN1CCCN(Cc2nc3ccc(F)cc3o2)CC1)Nc1cccc(F)c1. The molecule has 1 aliphatic rings. The Kier molecular flexibility index (Phi) is 5.82. The lowest BCUT2D eigenvalue weighted by molar-refractivity contribution is -0.117. The van der Waals surface area contributed by atoms with Crippen molar-refractivity contribution in [1.29, 1.82) is 0 Å². The summed E-state index contributed by atoms with van der Waals surface area (Å²) in [6, 6.07) is 10.2. The average Bonchev–Trinajstić information content (AvgIpc) is 2.93. The largest absolute Gasteiger partial charge is 0.439 e. The zero-order chi connectivity index (χ0) is 20.2. The zero-order valence-electron chi connectivity index (χ0n) is 15.9. The summed E-state index contributed by atoms with van der Waals surface area (Å²) in [6.07, 6.45) is 0.905. The first kappa shape index (κ1) is 19.5. The van der Waals surface area contributed by atoms with Crippen LogP contribution in [-0.4, -0.2) is 53.4 Å². The van der Waals surface area contributed by atoms with Crippen LogP contribution in [0.1, 0.15) is 12.3 Å². The number of halogens is 2. The second-order valence-corrected chi connectivity index (χ2v) is 7.18. The maximum atomic E-state index is 13.3. The summed E-state index contributed by atoms with van der Waals surface area (Å²) < 4.78 is 32.2. The molecule has 2 aromatic carbocycles. The quantitative estimate of drug-likeness (QED) is 0.712. The number of oxazole rings is 1. The van der Waals surface area contributed by atoms with E-state index in [1.54, 1.807) is 18.2 Å². The summed E-state index contributed by atoms with van der Waals surface area (Å²) >= 11 is 0. The summed E-state index contributed by atoms with van der Waals surface area (Å²) in [4.78, 5) is 21.0. The monoisotopic (exact) mass is 400 g/mol. The molecule has 29 heavy (non-hydrogen) atoms. The minimum Gasteiger partial charge on any atom is -0.439 e. The number of carbonyl (C=O) groups excluding carboxylic acids is 1. The van der Waals surface area contributed by atoms with Gasteiger partial charge in [0.1, 0.15) is 17.2 Å². The van der Waals surface area contributed by atoms with Crippen LogP contribution in [0.5, 0.6) is 0 Å². The van der Waals surface area contributed by atoms with Crippen molar-refractivity contribution in [3.63, 3.8) is 0 Å². The molecule has 8 heteroatoms. The summed E-state index contributed by atoms with van der Waals surface area (Å²) in [5, 5.41) is 2.73. The Morgan fingerprint density at radius 3 is 2.69 bits per heavy atom. The first-order valence-electron chi connectivity index (χ1n) is 9.60. The van der Waals surface area contributed by atoms with Crippen molar-refractivity contribution in [1.82, 2.24) is 14.8 Å². The predicted octanol–water partition coefficient (Wildman–Crippen LogP) is 3.25. The van der Waals surface area contributed by atoms with Crippen LogP contribution in [0.15, 0.2) is 46.9 Å². The maximum absolute atomic E-state index is 13.3. The molecule has 3 aromatic rings. The summed E-state index contributed by atoms with van der Waals surface area (Å²) in [7, 11) is 0. The lowest BCUT2D eigenvalue weighted by Gasteiger charge is -2.20. The third-order valence-electron chi connectivity index (χ3n) is 4.91. The van der Waals surface area contributed by atoms with Crippen molar-refractivity contribution in [3.8, 4) is 0 Å². The van der Waals surface area contributed by atoms with Crippen LogP contribution < -0.4 is 5.32 Å². The molecule has 0 unspecified atom stereocenters. The van der Waals surface area contributed by atoms with Gasteiger partial charge in [-0.05, 0) is 49.8 Å². The average molecular weight is 400 g/mol. The molecule has 1 amide bonds. The van der Waals surface area contributed by atoms with E-state index in [4.69, 9.17) is 4.42 Å². The molecular formula is C21H22F2N4O2. The Labute approximate surface area is 167 Å². The minimum absolute atomic E-state index is 0.162. The maximum Gasteiger partial charge on any atom is 0.238 e. The number of nitrogens with one attached hydrogen (secondary N) is 1. The van der Waals surface area contributed by atoms with Crippen LogP contribution in [0, 0.1) is 11.6 Å². The minimum atomic E-state index is -0.379. The van der Waals surface area contributed by atoms with Gasteiger partial charge in [-0.2, -0.15) is 0 Å². The van der Waals surface area contributed by atoms with Crippen molar-refractivity contribution in [3.05, 3.63) is 60.0 Å². The van der Waals surface area contributed by atoms with Gasteiger partial charge in [-0.25, -0.2) is 13.8 Å². The fourth-order valence-corrected chi connectivity index (χ4v) is 3.52. The van der Waals surface area contributed by atoms with E-state index in [-0.39, 0.29) is 24.1 Å². The van der Waals surface area contributed by atoms with Crippen LogP contribution in [0.3, 0.4) is 0 Å². The van der Waals surface area contributed by atoms with Gasteiger partial charge < -0.3 is 9.73 Å².